The van der Waals surface area contributed by atoms with Crippen LogP contribution in [0.4, 0.5) is 11.4 Å². The van der Waals surface area contributed by atoms with E-state index in [1.54, 1.807) is 11.3 Å². The number of benzene rings is 1. The van der Waals surface area contributed by atoms with E-state index in [-0.39, 0.29) is 11.8 Å². The summed E-state index contributed by atoms with van der Waals surface area (Å²) >= 11 is 5.21. The van der Waals surface area contributed by atoms with Crippen LogP contribution in [0.2, 0.25) is 0 Å². The minimum Gasteiger partial charge on any atom is -0.308 e. The number of anilines is 2. The summed E-state index contributed by atoms with van der Waals surface area (Å²) in [6.45, 7) is 5.93. The maximum atomic E-state index is 14.1. The fourth-order valence-electron chi connectivity index (χ4n) is 6.76. The van der Waals surface area contributed by atoms with Crippen molar-refractivity contribution in [2.45, 2.75) is 142 Å². The van der Waals surface area contributed by atoms with Gasteiger partial charge in [-0.15, -0.1) is 11.3 Å². The van der Waals surface area contributed by atoms with Crippen LogP contribution in [0.5, 0.6) is 0 Å². The van der Waals surface area contributed by atoms with Crippen molar-refractivity contribution in [3.63, 3.8) is 0 Å². The first kappa shape index (κ1) is 34.9. The van der Waals surface area contributed by atoms with E-state index >= 15 is 0 Å². The smallest absolute Gasteiger partial charge is 0.260 e. The zero-order valence-electron chi connectivity index (χ0n) is 27.4. The Morgan fingerprint density at radius 3 is 1.55 bits per heavy atom. The zero-order chi connectivity index (χ0) is 31.1. The summed E-state index contributed by atoms with van der Waals surface area (Å²) in [5.41, 5.74) is 4.01. The Morgan fingerprint density at radius 2 is 1.02 bits per heavy atom. The molecule has 44 heavy (non-hydrogen) atoms. The third kappa shape index (κ3) is 9.31. The van der Waals surface area contributed by atoms with Crippen molar-refractivity contribution in [1.29, 1.82) is 0 Å². The Bertz CT molecular complexity index is 1240. The van der Waals surface area contributed by atoms with Gasteiger partial charge in [0.15, 0.2) is 0 Å². The molecule has 2 aliphatic rings. The van der Waals surface area contributed by atoms with Gasteiger partial charge in [0, 0.05) is 23.1 Å². The molecular formula is C38H55BrN2O2S. The number of carbonyl (C=O) groups is 2. The average molecular weight is 684 g/mol. The van der Waals surface area contributed by atoms with Gasteiger partial charge in [0.25, 0.3) is 11.8 Å². The molecule has 4 nitrogen and oxygen atoms in total. The number of rotatable bonds is 22. The van der Waals surface area contributed by atoms with Crippen LogP contribution in [0, 0.1) is 0 Å². The maximum Gasteiger partial charge on any atom is 0.260 e. The van der Waals surface area contributed by atoms with Crippen LogP contribution in [-0.2, 0) is 9.59 Å². The van der Waals surface area contributed by atoms with Gasteiger partial charge in [-0.25, -0.2) is 0 Å². The van der Waals surface area contributed by atoms with Gasteiger partial charge in [-0.3, -0.25) is 9.59 Å². The van der Waals surface area contributed by atoms with Crippen LogP contribution in [0.3, 0.4) is 0 Å². The summed E-state index contributed by atoms with van der Waals surface area (Å²) in [7, 11) is 0. The molecule has 0 saturated carbocycles. The molecule has 6 heteroatoms. The number of halogens is 1. The first-order valence-corrected chi connectivity index (χ1v) is 19.5. The molecule has 2 aliphatic heterocycles. The number of thiophene rings is 1. The highest BCUT2D eigenvalue weighted by Crippen LogP contribution is 2.49. The van der Waals surface area contributed by atoms with Gasteiger partial charge in [0.05, 0.1) is 27.4 Å². The standard InChI is InChI=1S/C38H55BrN2O2S/c1-3-5-7-9-11-12-13-14-15-16-17-18-20-22-27-41-33-29-30(39)23-24-31(33)34(37(41)42)35-36-32(25-28-44-36)40(38(35)43)26-21-19-10-8-6-4-2/h23-25,28-29H,3-22,26-27H2,1-2H3/b35-34-. The number of fused-ring (bicyclic) bond motifs is 2. The van der Waals surface area contributed by atoms with Crippen LogP contribution < -0.4 is 9.80 Å². The third-order valence-electron chi connectivity index (χ3n) is 9.32. The molecule has 1 aromatic heterocycles. The van der Waals surface area contributed by atoms with Crippen molar-refractivity contribution in [3.8, 4) is 0 Å². The monoisotopic (exact) mass is 682 g/mol. The Labute approximate surface area is 279 Å². The Balaban J connectivity index is 1.30. The molecule has 0 spiro atoms. The highest BCUT2D eigenvalue weighted by atomic mass is 79.9. The summed E-state index contributed by atoms with van der Waals surface area (Å²) in [6, 6.07) is 8.11. The second-order valence-corrected chi connectivity index (χ2v) is 14.7. The molecule has 242 valence electrons. The minimum absolute atomic E-state index is 0.00373. The molecule has 1 aromatic carbocycles. The van der Waals surface area contributed by atoms with Gasteiger partial charge < -0.3 is 9.80 Å². The van der Waals surface area contributed by atoms with E-state index in [0.29, 0.717) is 17.7 Å². The summed E-state index contributed by atoms with van der Waals surface area (Å²) in [5.74, 6) is -0.0205. The van der Waals surface area contributed by atoms with E-state index in [1.807, 2.05) is 28.0 Å². The van der Waals surface area contributed by atoms with E-state index in [9.17, 15) is 9.59 Å². The van der Waals surface area contributed by atoms with Gasteiger partial charge in [0.2, 0.25) is 0 Å². The van der Waals surface area contributed by atoms with E-state index in [4.69, 9.17) is 0 Å². The molecule has 0 atom stereocenters. The van der Waals surface area contributed by atoms with Gasteiger partial charge in [-0.1, -0.05) is 151 Å². The SMILES string of the molecule is CCCCCCCCCCCCCCCCN1C(=O)/C(=C2\C(=O)N(CCCCCCCC)c3ccsc32)c2ccc(Br)cc21. The van der Waals surface area contributed by atoms with Crippen molar-refractivity contribution in [3.05, 3.63) is 44.6 Å². The molecule has 0 aliphatic carbocycles. The van der Waals surface area contributed by atoms with Crippen LogP contribution in [0.1, 0.15) is 153 Å². The lowest BCUT2D eigenvalue weighted by Gasteiger charge is -2.17. The predicted octanol–water partition coefficient (Wildman–Crippen LogP) is 12.0. The average Bonchev–Trinajstić information content (AvgIpc) is 3.66. The molecule has 2 aromatic rings. The lowest BCUT2D eigenvalue weighted by molar-refractivity contribution is -0.114. The van der Waals surface area contributed by atoms with E-state index < -0.39 is 0 Å². The lowest BCUT2D eigenvalue weighted by Crippen LogP contribution is -2.30. The number of amides is 2. The van der Waals surface area contributed by atoms with E-state index in [0.717, 1.165) is 58.5 Å². The van der Waals surface area contributed by atoms with Gasteiger partial charge in [-0.2, -0.15) is 0 Å². The normalized spacial score (nSPS) is 16.0. The maximum absolute atomic E-state index is 14.1. The summed E-state index contributed by atoms with van der Waals surface area (Å²) in [6.07, 6.45) is 25.6. The predicted molar refractivity (Wildman–Crippen MR) is 194 cm³/mol. The third-order valence-corrected chi connectivity index (χ3v) is 10.7. The number of carbonyl (C=O) groups excluding carboxylic acids is 2. The van der Waals surface area contributed by atoms with E-state index in [1.165, 1.54) is 103 Å². The summed E-state index contributed by atoms with van der Waals surface area (Å²) in [5, 5.41) is 2.06. The molecule has 0 bridgehead atoms. The molecule has 0 N–H and O–H groups in total. The van der Waals surface area contributed by atoms with Crippen LogP contribution in [0.15, 0.2) is 34.1 Å². The van der Waals surface area contributed by atoms with Crippen molar-refractivity contribution < 1.29 is 9.59 Å². The van der Waals surface area contributed by atoms with Crippen LogP contribution in [0.25, 0.3) is 11.1 Å². The Hall–Kier alpha value is -1.92. The molecule has 3 heterocycles. The topological polar surface area (TPSA) is 40.6 Å². The van der Waals surface area contributed by atoms with Crippen molar-refractivity contribution in [2.24, 2.45) is 0 Å². The van der Waals surface area contributed by atoms with Gasteiger partial charge in [0.1, 0.15) is 0 Å². The van der Waals surface area contributed by atoms with Crippen molar-refractivity contribution in [1.82, 2.24) is 0 Å². The first-order chi connectivity index (χ1) is 21.6. The van der Waals surface area contributed by atoms with Crippen molar-refractivity contribution >= 4 is 61.6 Å². The zero-order valence-corrected chi connectivity index (χ0v) is 29.8. The number of nitrogens with zero attached hydrogens (tertiary/aromatic N) is 2. The second-order valence-electron chi connectivity index (χ2n) is 12.8. The molecule has 0 radical (unpaired) electrons. The van der Waals surface area contributed by atoms with Crippen LogP contribution >= 0.6 is 27.3 Å². The molecule has 4 rings (SSSR count). The molecule has 2 amide bonds. The van der Waals surface area contributed by atoms with Gasteiger partial charge >= 0.3 is 0 Å². The number of hydrogen-bond donors (Lipinski definition) is 0. The Kier molecular flexibility index (Phi) is 15.0. The summed E-state index contributed by atoms with van der Waals surface area (Å²) in [4.78, 5) is 32.8. The summed E-state index contributed by atoms with van der Waals surface area (Å²) < 4.78 is 0.959. The minimum atomic E-state index is -0.0168. The molecule has 0 unspecified atom stereocenters. The quantitative estimate of drug-likeness (QED) is 0.0915. The molecule has 0 saturated heterocycles. The fourth-order valence-corrected chi connectivity index (χ4v) is 8.05. The van der Waals surface area contributed by atoms with Crippen LogP contribution in [-0.4, -0.2) is 24.9 Å². The first-order valence-electron chi connectivity index (χ1n) is 17.8. The highest BCUT2D eigenvalue weighted by Gasteiger charge is 2.42. The Morgan fingerprint density at radius 1 is 0.568 bits per heavy atom. The fraction of sp³-hybridized carbons (Fsp3) is 0.632. The second kappa shape index (κ2) is 18.9. The van der Waals surface area contributed by atoms with E-state index in [2.05, 4.69) is 41.2 Å². The van der Waals surface area contributed by atoms with Gasteiger partial charge in [-0.05, 0) is 36.4 Å². The molecule has 0 fully saturated rings. The van der Waals surface area contributed by atoms with Crippen molar-refractivity contribution in [2.75, 3.05) is 22.9 Å². The largest absolute Gasteiger partial charge is 0.308 e. The number of unbranched alkanes of at least 4 members (excludes halogenated alkanes) is 18. The lowest BCUT2D eigenvalue weighted by atomic mass is 10.0. The molecular weight excluding hydrogens is 628 g/mol. The highest BCUT2D eigenvalue weighted by molar-refractivity contribution is 9.10. The number of hydrogen-bond acceptors (Lipinski definition) is 3.